The smallest absolute Gasteiger partial charge is 0.316 e. The molecule has 0 radical (unpaired) electrons. The average Bonchev–Trinajstić information content (AvgIpc) is 2.54. The minimum absolute atomic E-state index is 0.0498. The van der Waals surface area contributed by atoms with Crippen LogP contribution in [0.2, 0.25) is 0 Å². The Morgan fingerprint density at radius 3 is 2.65 bits per heavy atom. The monoisotopic (exact) mass is 313 g/mol. The van der Waals surface area contributed by atoms with Gasteiger partial charge in [0.2, 0.25) is 0 Å². The van der Waals surface area contributed by atoms with E-state index in [9.17, 15) is 14.0 Å². The number of benzene rings is 1. The number of likely N-dealkylation sites (N-methyl/N-ethyl adjacent to an activating group) is 1. The molecule has 6 heteroatoms. The number of hydrogen-bond acceptors (Lipinski definition) is 3. The standard InChI is InChI=1S/C17H16FN3O2/c1-20-13-4-3-5-14(22)15(13)16(21(2)17(20)23)11-7-6-10(9-19)8-12(11)18/h6-8,16H,3-5H2,1-2H3. The second-order valence-corrected chi connectivity index (χ2v) is 5.84. The van der Waals surface area contributed by atoms with Gasteiger partial charge in [-0.15, -0.1) is 0 Å². The molecule has 0 saturated carbocycles. The van der Waals surface area contributed by atoms with Gasteiger partial charge in [0.25, 0.3) is 0 Å². The van der Waals surface area contributed by atoms with Gasteiger partial charge in [0.05, 0.1) is 17.7 Å². The fourth-order valence-corrected chi connectivity index (χ4v) is 3.34. The number of nitriles is 1. The van der Waals surface area contributed by atoms with E-state index in [-0.39, 0.29) is 22.9 Å². The van der Waals surface area contributed by atoms with Crippen molar-refractivity contribution in [2.24, 2.45) is 0 Å². The Labute approximate surface area is 133 Å². The minimum atomic E-state index is -0.741. The molecular weight excluding hydrogens is 297 g/mol. The number of Topliss-reactive ketones (excluding diaryl/α,β-unsaturated/α-hetero) is 1. The van der Waals surface area contributed by atoms with Gasteiger partial charge in [0.1, 0.15) is 5.82 Å². The van der Waals surface area contributed by atoms with Crippen LogP contribution in [0.4, 0.5) is 9.18 Å². The van der Waals surface area contributed by atoms with E-state index in [1.165, 1.54) is 21.9 Å². The Balaban J connectivity index is 2.20. The van der Waals surface area contributed by atoms with Gasteiger partial charge in [-0.3, -0.25) is 4.79 Å². The predicted molar refractivity (Wildman–Crippen MR) is 80.7 cm³/mol. The summed E-state index contributed by atoms with van der Waals surface area (Å²) in [4.78, 5) is 27.7. The average molecular weight is 313 g/mol. The summed E-state index contributed by atoms with van der Waals surface area (Å²) >= 11 is 0. The lowest BCUT2D eigenvalue weighted by Crippen LogP contribution is -2.48. The molecule has 0 N–H and O–H groups in total. The number of amides is 2. The third-order valence-electron chi connectivity index (χ3n) is 4.51. The van der Waals surface area contributed by atoms with E-state index in [4.69, 9.17) is 5.26 Å². The first-order valence-corrected chi connectivity index (χ1v) is 7.42. The number of urea groups is 1. The molecule has 2 aliphatic rings. The van der Waals surface area contributed by atoms with Gasteiger partial charge in [-0.25, -0.2) is 9.18 Å². The maximum Gasteiger partial charge on any atom is 0.324 e. The Morgan fingerprint density at radius 1 is 1.26 bits per heavy atom. The lowest BCUT2D eigenvalue weighted by atomic mass is 9.83. The molecule has 0 bridgehead atoms. The van der Waals surface area contributed by atoms with Crippen molar-refractivity contribution >= 4 is 11.8 Å². The van der Waals surface area contributed by atoms with E-state index >= 15 is 0 Å². The topological polar surface area (TPSA) is 64.4 Å². The Kier molecular flexibility index (Phi) is 3.64. The zero-order valence-electron chi connectivity index (χ0n) is 13.0. The zero-order valence-corrected chi connectivity index (χ0v) is 13.0. The van der Waals surface area contributed by atoms with E-state index in [1.54, 1.807) is 14.1 Å². The first kappa shape index (κ1) is 15.2. The van der Waals surface area contributed by atoms with Crippen molar-refractivity contribution < 1.29 is 14.0 Å². The molecule has 2 amide bonds. The maximum atomic E-state index is 14.5. The van der Waals surface area contributed by atoms with Crippen LogP contribution in [0.3, 0.4) is 0 Å². The molecule has 1 unspecified atom stereocenters. The van der Waals surface area contributed by atoms with Gasteiger partial charge in [0, 0.05) is 37.3 Å². The normalized spacial score (nSPS) is 21.4. The molecule has 1 aliphatic carbocycles. The highest BCUT2D eigenvalue weighted by Crippen LogP contribution is 2.41. The number of hydrogen-bond donors (Lipinski definition) is 0. The van der Waals surface area contributed by atoms with Crippen LogP contribution in [0.15, 0.2) is 29.5 Å². The molecule has 0 fully saturated rings. The van der Waals surface area contributed by atoms with Gasteiger partial charge in [-0.1, -0.05) is 6.07 Å². The largest absolute Gasteiger partial charge is 0.324 e. The van der Waals surface area contributed by atoms with Crippen LogP contribution in [-0.2, 0) is 4.79 Å². The number of allylic oxidation sites excluding steroid dienone is 1. The highest BCUT2D eigenvalue weighted by atomic mass is 19.1. The molecule has 1 heterocycles. The molecule has 3 rings (SSSR count). The summed E-state index contributed by atoms with van der Waals surface area (Å²) in [7, 11) is 3.20. The number of ketones is 1. The van der Waals surface area contributed by atoms with E-state index in [0.29, 0.717) is 30.5 Å². The minimum Gasteiger partial charge on any atom is -0.316 e. The number of nitrogens with zero attached hydrogens (tertiary/aromatic N) is 3. The molecule has 1 atom stereocenters. The molecule has 1 aromatic carbocycles. The number of carbonyl (C=O) groups is 2. The third kappa shape index (κ3) is 2.29. The predicted octanol–water partition coefficient (Wildman–Crippen LogP) is 2.74. The van der Waals surface area contributed by atoms with Crippen LogP contribution in [-0.4, -0.2) is 35.7 Å². The third-order valence-corrected chi connectivity index (χ3v) is 4.51. The van der Waals surface area contributed by atoms with Crippen molar-refractivity contribution in [3.8, 4) is 6.07 Å². The lowest BCUT2D eigenvalue weighted by Gasteiger charge is -2.42. The summed E-state index contributed by atoms with van der Waals surface area (Å²) < 4.78 is 14.5. The zero-order chi connectivity index (χ0) is 16.7. The molecule has 1 aliphatic heterocycles. The van der Waals surface area contributed by atoms with Crippen LogP contribution in [0.5, 0.6) is 0 Å². The highest BCUT2D eigenvalue weighted by molar-refractivity contribution is 6.00. The van der Waals surface area contributed by atoms with Crippen LogP contribution < -0.4 is 0 Å². The van der Waals surface area contributed by atoms with Crippen LogP contribution >= 0.6 is 0 Å². The van der Waals surface area contributed by atoms with E-state index in [0.717, 1.165) is 6.07 Å². The van der Waals surface area contributed by atoms with Gasteiger partial charge < -0.3 is 9.80 Å². The van der Waals surface area contributed by atoms with Crippen LogP contribution in [0, 0.1) is 17.1 Å². The van der Waals surface area contributed by atoms with Crippen molar-refractivity contribution in [2.75, 3.05) is 14.1 Å². The highest BCUT2D eigenvalue weighted by Gasteiger charge is 2.41. The first-order chi connectivity index (χ1) is 11.0. The second-order valence-electron chi connectivity index (χ2n) is 5.84. The van der Waals surface area contributed by atoms with E-state index < -0.39 is 11.9 Å². The van der Waals surface area contributed by atoms with Gasteiger partial charge in [0.15, 0.2) is 5.78 Å². The number of carbonyl (C=O) groups excluding carboxylic acids is 2. The summed E-state index contributed by atoms with van der Waals surface area (Å²) in [5.74, 6) is -0.630. The summed E-state index contributed by atoms with van der Waals surface area (Å²) in [6, 6.07) is 5.00. The van der Waals surface area contributed by atoms with Crippen molar-refractivity contribution in [2.45, 2.75) is 25.3 Å². The molecule has 0 aromatic heterocycles. The molecule has 118 valence electrons. The fraction of sp³-hybridized carbons (Fsp3) is 0.353. The van der Waals surface area contributed by atoms with E-state index in [2.05, 4.69) is 0 Å². The van der Waals surface area contributed by atoms with Crippen molar-refractivity contribution in [3.05, 3.63) is 46.4 Å². The summed E-state index contributed by atoms with van der Waals surface area (Å²) in [5.41, 5.74) is 1.62. The molecule has 5 nitrogen and oxygen atoms in total. The van der Waals surface area contributed by atoms with Crippen molar-refractivity contribution in [1.82, 2.24) is 9.80 Å². The van der Waals surface area contributed by atoms with Gasteiger partial charge >= 0.3 is 6.03 Å². The SMILES string of the molecule is CN1C(=O)N(C)C(c2ccc(C#N)cc2F)C2=C1CCCC2=O. The molecule has 23 heavy (non-hydrogen) atoms. The molecule has 0 spiro atoms. The van der Waals surface area contributed by atoms with Gasteiger partial charge in [-0.05, 0) is 25.0 Å². The lowest BCUT2D eigenvalue weighted by molar-refractivity contribution is -0.117. The molecule has 1 aromatic rings. The quantitative estimate of drug-likeness (QED) is 0.801. The summed E-state index contributed by atoms with van der Waals surface area (Å²) in [5, 5.41) is 8.87. The number of rotatable bonds is 1. The summed E-state index contributed by atoms with van der Waals surface area (Å²) in [6.45, 7) is 0. The Hall–Kier alpha value is -2.68. The van der Waals surface area contributed by atoms with E-state index in [1.807, 2.05) is 6.07 Å². The summed E-state index contributed by atoms with van der Waals surface area (Å²) in [6.07, 6.45) is 1.73. The van der Waals surface area contributed by atoms with Crippen LogP contribution in [0.1, 0.15) is 36.4 Å². The Bertz CT molecular complexity index is 779. The fourth-order valence-electron chi connectivity index (χ4n) is 3.34. The van der Waals surface area contributed by atoms with Crippen molar-refractivity contribution in [1.29, 1.82) is 5.26 Å². The van der Waals surface area contributed by atoms with Gasteiger partial charge in [-0.2, -0.15) is 5.26 Å². The van der Waals surface area contributed by atoms with Crippen LogP contribution in [0.25, 0.3) is 0 Å². The number of halogens is 1. The Morgan fingerprint density at radius 2 is 2.00 bits per heavy atom. The second kappa shape index (κ2) is 5.51. The molecule has 0 saturated heterocycles. The first-order valence-electron chi connectivity index (χ1n) is 7.42. The van der Waals surface area contributed by atoms with Crippen molar-refractivity contribution in [3.63, 3.8) is 0 Å². The molecular formula is C17H16FN3O2. The maximum absolute atomic E-state index is 14.5.